The Hall–Kier alpha value is -1.73. The van der Waals surface area contributed by atoms with Crippen LogP contribution in [0.3, 0.4) is 0 Å². The molecule has 1 aliphatic rings. The normalized spacial score (nSPS) is 22.8. The third-order valence-electron chi connectivity index (χ3n) is 3.48. The number of sulfone groups is 1. The van der Waals surface area contributed by atoms with Gasteiger partial charge in [-0.25, -0.2) is 8.42 Å². The van der Waals surface area contributed by atoms with Crippen molar-refractivity contribution in [3.8, 4) is 0 Å². The lowest BCUT2D eigenvalue weighted by Crippen LogP contribution is -2.12. The van der Waals surface area contributed by atoms with E-state index in [1.165, 1.54) is 0 Å². The van der Waals surface area contributed by atoms with Crippen LogP contribution in [0.4, 0.5) is 0 Å². The Morgan fingerprint density at radius 2 is 2.05 bits per heavy atom. The summed E-state index contributed by atoms with van der Waals surface area (Å²) < 4.78 is 28.1. The first-order valence-electron chi connectivity index (χ1n) is 6.39. The molecule has 1 saturated heterocycles. The van der Waals surface area contributed by atoms with Gasteiger partial charge in [0.05, 0.1) is 11.5 Å². The van der Waals surface area contributed by atoms with Gasteiger partial charge in [-0.1, -0.05) is 35.5 Å². The van der Waals surface area contributed by atoms with Crippen molar-refractivity contribution in [1.29, 1.82) is 0 Å². The summed E-state index contributed by atoms with van der Waals surface area (Å²) in [6, 6.07) is 8.95. The monoisotopic (exact) mass is 293 g/mol. The van der Waals surface area contributed by atoms with Gasteiger partial charge < -0.3 is 10.3 Å². The van der Waals surface area contributed by atoms with E-state index in [2.05, 4.69) is 10.1 Å². The zero-order valence-corrected chi connectivity index (χ0v) is 11.6. The van der Waals surface area contributed by atoms with Crippen molar-refractivity contribution in [3.63, 3.8) is 0 Å². The second-order valence-electron chi connectivity index (χ2n) is 4.98. The van der Waals surface area contributed by atoms with Crippen LogP contribution in [-0.4, -0.2) is 30.1 Å². The summed E-state index contributed by atoms with van der Waals surface area (Å²) in [7, 11) is -2.96. The maximum atomic E-state index is 11.5. The number of aromatic nitrogens is 2. The van der Waals surface area contributed by atoms with Gasteiger partial charge in [-0.2, -0.15) is 4.98 Å². The molecule has 2 atom stereocenters. The molecule has 1 unspecified atom stereocenters. The fraction of sp³-hybridized carbons (Fsp3) is 0.385. The van der Waals surface area contributed by atoms with Crippen LogP contribution >= 0.6 is 0 Å². The molecule has 1 aromatic heterocycles. The van der Waals surface area contributed by atoms with Crippen LogP contribution in [-0.2, 0) is 9.84 Å². The highest BCUT2D eigenvalue weighted by Crippen LogP contribution is 2.28. The van der Waals surface area contributed by atoms with E-state index in [1.807, 2.05) is 30.3 Å². The molecule has 106 valence electrons. The number of hydrogen-bond donors (Lipinski definition) is 1. The number of nitrogens with zero attached hydrogens (tertiary/aromatic N) is 2. The minimum absolute atomic E-state index is 0.0898. The first kappa shape index (κ1) is 13.3. The van der Waals surface area contributed by atoms with Crippen molar-refractivity contribution >= 4 is 9.84 Å². The van der Waals surface area contributed by atoms with Crippen molar-refractivity contribution < 1.29 is 12.9 Å². The summed E-state index contributed by atoms with van der Waals surface area (Å²) >= 11 is 0. The predicted molar refractivity (Wildman–Crippen MR) is 72.8 cm³/mol. The van der Waals surface area contributed by atoms with Crippen molar-refractivity contribution in [1.82, 2.24) is 10.1 Å². The molecule has 2 N–H and O–H groups in total. The lowest BCUT2D eigenvalue weighted by atomic mass is 10.1. The van der Waals surface area contributed by atoms with Crippen LogP contribution < -0.4 is 5.73 Å². The molecule has 6 nitrogen and oxygen atoms in total. The van der Waals surface area contributed by atoms with Crippen LogP contribution in [0.1, 0.15) is 35.7 Å². The van der Waals surface area contributed by atoms with Crippen molar-refractivity contribution in [3.05, 3.63) is 47.6 Å². The van der Waals surface area contributed by atoms with E-state index < -0.39 is 15.9 Å². The zero-order chi connectivity index (χ0) is 14.2. The lowest BCUT2D eigenvalue weighted by molar-refractivity contribution is 0.360. The average Bonchev–Trinajstić information content (AvgIpc) is 3.05. The molecule has 1 aromatic carbocycles. The molecule has 0 bridgehead atoms. The van der Waals surface area contributed by atoms with E-state index in [0.717, 1.165) is 5.56 Å². The Labute approximate surface area is 116 Å². The first-order valence-corrected chi connectivity index (χ1v) is 8.22. The predicted octanol–water partition coefficient (Wildman–Crippen LogP) is 1.02. The fourth-order valence-corrected chi connectivity index (χ4v) is 4.08. The van der Waals surface area contributed by atoms with E-state index >= 15 is 0 Å². The number of hydrogen-bond acceptors (Lipinski definition) is 6. The molecule has 2 heterocycles. The molecule has 20 heavy (non-hydrogen) atoms. The minimum atomic E-state index is -2.96. The second kappa shape index (κ2) is 4.99. The molecule has 1 aliphatic heterocycles. The first-order chi connectivity index (χ1) is 9.55. The van der Waals surface area contributed by atoms with E-state index in [-0.39, 0.29) is 17.4 Å². The van der Waals surface area contributed by atoms with Crippen LogP contribution in [0.25, 0.3) is 0 Å². The summed E-state index contributed by atoms with van der Waals surface area (Å²) in [4.78, 5) is 4.27. The van der Waals surface area contributed by atoms with Gasteiger partial charge in [0.2, 0.25) is 5.89 Å². The van der Waals surface area contributed by atoms with Gasteiger partial charge in [0, 0.05) is 5.92 Å². The maximum absolute atomic E-state index is 11.5. The molecule has 0 amide bonds. The number of rotatable bonds is 3. The van der Waals surface area contributed by atoms with Gasteiger partial charge in [-0.05, 0) is 12.0 Å². The highest BCUT2D eigenvalue weighted by molar-refractivity contribution is 7.91. The summed E-state index contributed by atoms with van der Waals surface area (Å²) in [6.07, 6.45) is 0.544. The van der Waals surface area contributed by atoms with E-state index in [4.69, 9.17) is 10.3 Å². The highest BCUT2D eigenvalue weighted by atomic mass is 32.2. The molecule has 3 rings (SSSR count). The van der Waals surface area contributed by atoms with E-state index in [0.29, 0.717) is 18.1 Å². The molecule has 0 aliphatic carbocycles. The van der Waals surface area contributed by atoms with Crippen LogP contribution in [0.5, 0.6) is 0 Å². The Balaban J connectivity index is 1.81. The van der Waals surface area contributed by atoms with Gasteiger partial charge in [0.15, 0.2) is 15.7 Å². The van der Waals surface area contributed by atoms with Crippen LogP contribution in [0.15, 0.2) is 34.9 Å². The van der Waals surface area contributed by atoms with Crippen molar-refractivity contribution in [2.45, 2.75) is 18.4 Å². The van der Waals surface area contributed by atoms with Gasteiger partial charge >= 0.3 is 0 Å². The van der Waals surface area contributed by atoms with Gasteiger partial charge in [-0.15, -0.1) is 0 Å². The van der Waals surface area contributed by atoms with Gasteiger partial charge in [-0.3, -0.25) is 0 Å². The smallest absolute Gasteiger partial charge is 0.248 e. The third-order valence-corrected chi connectivity index (χ3v) is 5.25. The lowest BCUT2D eigenvalue weighted by Gasteiger charge is -2.05. The average molecular weight is 293 g/mol. The van der Waals surface area contributed by atoms with Gasteiger partial charge in [0.1, 0.15) is 6.04 Å². The molecule has 1 fully saturated rings. The Morgan fingerprint density at radius 3 is 2.70 bits per heavy atom. The van der Waals surface area contributed by atoms with Gasteiger partial charge in [0.25, 0.3) is 0 Å². The Kier molecular flexibility index (Phi) is 3.31. The molecule has 0 saturated carbocycles. The Bertz CT molecular complexity index is 697. The SMILES string of the molecule is N[C@H](c1ccccc1)c1nc(C2CCS(=O)(=O)C2)no1. The topological polar surface area (TPSA) is 99.1 Å². The summed E-state index contributed by atoms with van der Waals surface area (Å²) in [5.74, 6) is 0.849. The second-order valence-corrected chi connectivity index (χ2v) is 7.21. The van der Waals surface area contributed by atoms with Crippen molar-refractivity contribution in [2.75, 3.05) is 11.5 Å². The van der Waals surface area contributed by atoms with Crippen molar-refractivity contribution in [2.24, 2.45) is 5.73 Å². The summed E-state index contributed by atoms with van der Waals surface area (Å²) in [6.45, 7) is 0. The highest BCUT2D eigenvalue weighted by Gasteiger charge is 2.32. The van der Waals surface area contributed by atoms with Crippen LogP contribution in [0, 0.1) is 0 Å². The summed E-state index contributed by atoms with van der Waals surface area (Å²) in [5, 5.41) is 3.88. The zero-order valence-electron chi connectivity index (χ0n) is 10.8. The molecule has 0 spiro atoms. The number of nitrogens with two attached hydrogens (primary N) is 1. The summed E-state index contributed by atoms with van der Waals surface area (Å²) in [5.41, 5.74) is 6.94. The molecular weight excluding hydrogens is 278 g/mol. The largest absolute Gasteiger partial charge is 0.337 e. The molecule has 0 radical (unpaired) electrons. The fourth-order valence-electron chi connectivity index (χ4n) is 2.34. The van der Waals surface area contributed by atoms with Crippen LogP contribution in [0.2, 0.25) is 0 Å². The Morgan fingerprint density at radius 1 is 1.30 bits per heavy atom. The standard InChI is InChI=1S/C13H15N3O3S/c14-11(9-4-2-1-3-5-9)13-15-12(16-19-13)10-6-7-20(17,18)8-10/h1-5,10-11H,6-8,14H2/t10?,11-/m1/s1. The molecule has 7 heteroatoms. The molecule has 2 aromatic rings. The van der Waals surface area contributed by atoms with E-state index in [1.54, 1.807) is 0 Å². The number of benzene rings is 1. The third kappa shape index (κ3) is 2.59. The maximum Gasteiger partial charge on any atom is 0.248 e. The quantitative estimate of drug-likeness (QED) is 0.907. The molecular formula is C13H15N3O3S. The van der Waals surface area contributed by atoms with E-state index in [9.17, 15) is 8.42 Å². The minimum Gasteiger partial charge on any atom is -0.337 e.